The quantitative estimate of drug-likeness (QED) is 0.317. The molecule has 2 unspecified atom stereocenters. The maximum Gasteiger partial charge on any atom is 0.320 e. The molecule has 6 heteroatoms. The molecule has 2 rings (SSSR count). The second-order valence-electron chi connectivity index (χ2n) is 10.9. The molecule has 0 amide bonds. The Labute approximate surface area is 207 Å². The van der Waals surface area contributed by atoms with Gasteiger partial charge in [-0.2, -0.15) is 0 Å². The Balaban J connectivity index is 2.02. The van der Waals surface area contributed by atoms with Crippen LogP contribution >= 0.6 is 0 Å². The molecule has 0 aromatic heterocycles. The Morgan fingerprint density at radius 1 is 1.00 bits per heavy atom. The van der Waals surface area contributed by atoms with Crippen LogP contribution < -0.4 is 0 Å². The highest BCUT2D eigenvalue weighted by Gasteiger charge is 2.40. The summed E-state index contributed by atoms with van der Waals surface area (Å²) in [7, 11) is 0. The summed E-state index contributed by atoms with van der Waals surface area (Å²) in [5.74, 6) is 0.868. The molecule has 1 aromatic rings. The summed E-state index contributed by atoms with van der Waals surface area (Å²) < 4.78 is 18.3. The molecular weight excluding hydrogens is 430 g/mol. The van der Waals surface area contributed by atoms with E-state index in [2.05, 4.69) is 37.8 Å². The third-order valence-electron chi connectivity index (χ3n) is 6.83. The van der Waals surface area contributed by atoms with Gasteiger partial charge in [0.15, 0.2) is 6.29 Å². The first-order chi connectivity index (χ1) is 16.1. The number of unbranched alkanes of at least 4 members (excludes halogenated alkanes) is 3. The van der Waals surface area contributed by atoms with Crippen molar-refractivity contribution < 1.29 is 24.1 Å². The normalized spacial score (nSPS) is 25.5. The van der Waals surface area contributed by atoms with Crippen molar-refractivity contribution in [3.63, 3.8) is 0 Å². The third kappa shape index (κ3) is 10.0. The summed E-state index contributed by atoms with van der Waals surface area (Å²) in [6, 6.07) is 10.2. The number of carbonyl (C=O) groups is 1. The molecule has 1 aromatic carbocycles. The fraction of sp³-hybridized carbons (Fsp3) is 0.750. The maximum absolute atomic E-state index is 12.6. The van der Waals surface area contributed by atoms with Crippen LogP contribution in [0.1, 0.15) is 72.8 Å². The van der Waals surface area contributed by atoms with Crippen molar-refractivity contribution in [2.45, 2.75) is 91.8 Å². The summed E-state index contributed by atoms with van der Waals surface area (Å²) in [5, 5.41) is 9.03. The SMILES string of the molecule is CC1[C@@H](OCc2ccccc2)OC(CN(CCCCCCO)CC(=O)OC(C)(C)C)[C@@H](C)[C@@H]1C. The average Bonchev–Trinajstić information content (AvgIpc) is 2.77. The molecule has 6 nitrogen and oxygen atoms in total. The number of aliphatic hydroxyl groups is 1. The van der Waals surface area contributed by atoms with Crippen LogP contribution in [0.5, 0.6) is 0 Å². The van der Waals surface area contributed by atoms with E-state index in [-0.39, 0.29) is 37.4 Å². The molecule has 1 saturated heterocycles. The predicted molar refractivity (Wildman–Crippen MR) is 135 cm³/mol. The highest BCUT2D eigenvalue weighted by molar-refractivity contribution is 5.72. The van der Waals surface area contributed by atoms with Crippen molar-refractivity contribution in [1.82, 2.24) is 4.90 Å². The molecule has 1 aliphatic rings. The lowest BCUT2D eigenvalue weighted by atomic mass is 9.78. The van der Waals surface area contributed by atoms with Crippen molar-refractivity contribution >= 4 is 5.97 Å². The number of carbonyl (C=O) groups excluding carboxylic acids is 1. The van der Waals surface area contributed by atoms with Crippen LogP contribution in [-0.2, 0) is 25.6 Å². The van der Waals surface area contributed by atoms with Crippen molar-refractivity contribution in [3.8, 4) is 0 Å². The number of hydrogen-bond acceptors (Lipinski definition) is 6. The first-order valence-corrected chi connectivity index (χ1v) is 13.0. The van der Waals surface area contributed by atoms with Crippen LogP contribution in [0.3, 0.4) is 0 Å². The third-order valence-corrected chi connectivity index (χ3v) is 6.83. The van der Waals surface area contributed by atoms with Gasteiger partial charge < -0.3 is 19.3 Å². The zero-order valence-corrected chi connectivity index (χ0v) is 22.2. The number of ether oxygens (including phenoxy) is 3. The average molecular weight is 478 g/mol. The molecule has 1 aliphatic heterocycles. The summed E-state index contributed by atoms with van der Waals surface area (Å²) in [4.78, 5) is 14.8. The Morgan fingerprint density at radius 2 is 1.68 bits per heavy atom. The van der Waals surface area contributed by atoms with Crippen molar-refractivity contribution in [2.24, 2.45) is 17.8 Å². The van der Waals surface area contributed by atoms with E-state index in [1.807, 2.05) is 39.0 Å². The molecule has 0 spiro atoms. The van der Waals surface area contributed by atoms with E-state index in [0.717, 1.165) is 37.8 Å². The molecule has 194 valence electrons. The van der Waals surface area contributed by atoms with Crippen LogP contribution in [0.2, 0.25) is 0 Å². The monoisotopic (exact) mass is 477 g/mol. The van der Waals surface area contributed by atoms with Gasteiger partial charge in [-0.05, 0) is 57.6 Å². The maximum atomic E-state index is 12.6. The van der Waals surface area contributed by atoms with Gasteiger partial charge in [0, 0.05) is 19.1 Å². The van der Waals surface area contributed by atoms with Crippen molar-refractivity contribution in [3.05, 3.63) is 35.9 Å². The molecule has 5 atom stereocenters. The Hall–Kier alpha value is -1.47. The highest BCUT2D eigenvalue weighted by Crippen LogP contribution is 2.36. The number of rotatable bonds is 13. The van der Waals surface area contributed by atoms with E-state index in [9.17, 15) is 4.79 Å². The van der Waals surface area contributed by atoms with Gasteiger partial charge in [-0.1, -0.05) is 63.9 Å². The van der Waals surface area contributed by atoms with Gasteiger partial charge >= 0.3 is 5.97 Å². The van der Waals surface area contributed by atoms with Gasteiger partial charge in [0.1, 0.15) is 5.60 Å². The second kappa shape index (κ2) is 14.2. The van der Waals surface area contributed by atoms with Crippen LogP contribution in [0.15, 0.2) is 30.3 Å². The van der Waals surface area contributed by atoms with E-state index >= 15 is 0 Å². The van der Waals surface area contributed by atoms with Crippen molar-refractivity contribution in [1.29, 1.82) is 0 Å². The summed E-state index contributed by atoms with van der Waals surface area (Å²) >= 11 is 0. The second-order valence-corrected chi connectivity index (χ2v) is 10.9. The minimum absolute atomic E-state index is 0.0214. The lowest BCUT2D eigenvalue weighted by molar-refractivity contribution is -0.255. The number of nitrogens with zero attached hydrogens (tertiary/aromatic N) is 1. The van der Waals surface area contributed by atoms with Crippen LogP contribution in [0.4, 0.5) is 0 Å². The lowest BCUT2D eigenvalue weighted by Crippen LogP contribution is -2.51. The Kier molecular flexibility index (Phi) is 12.0. The molecule has 0 aliphatic carbocycles. The molecule has 0 radical (unpaired) electrons. The molecule has 0 saturated carbocycles. The fourth-order valence-corrected chi connectivity index (χ4v) is 4.48. The summed E-state index contributed by atoms with van der Waals surface area (Å²) in [5.41, 5.74) is 0.634. The summed E-state index contributed by atoms with van der Waals surface area (Å²) in [6.07, 6.45) is 3.53. The van der Waals surface area contributed by atoms with E-state index in [4.69, 9.17) is 19.3 Å². The standard InChI is InChI=1S/C28H47NO5/c1-21-22(2)25(33-27(23(21)3)32-20-24-14-10-9-11-15-24)18-29(16-12-7-8-13-17-30)19-26(31)34-28(4,5)6/h9-11,14-15,21-23,25,27,30H,7-8,12-13,16-20H2,1-6H3/t21-,22-,23?,25?,27-/m0/s1. The molecule has 34 heavy (non-hydrogen) atoms. The smallest absolute Gasteiger partial charge is 0.320 e. The zero-order valence-electron chi connectivity index (χ0n) is 22.2. The molecule has 1 N–H and O–H groups in total. The predicted octanol–water partition coefficient (Wildman–Crippen LogP) is 5.03. The highest BCUT2D eigenvalue weighted by atomic mass is 16.7. The first-order valence-electron chi connectivity index (χ1n) is 13.0. The van der Waals surface area contributed by atoms with Crippen LogP contribution in [0, 0.1) is 17.8 Å². The number of hydrogen-bond donors (Lipinski definition) is 1. The number of benzene rings is 1. The summed E-state index contributed by atoms with van der Waals surface area (Å²) in [6.45, 7) is 14.9. The van der Waals surface area contributed by atoms with E-state index in [1.54, 1.807) is 0 Å². The number of aliphatic hydroxyl groups excluding tert-OH is 1. The van der Waals surface area contributed by atoms with Gasteiger partial charge in [0.2, 0.25) is 0 Å². The minimum Gasteiger partial charge on any atom is -0.459 e. The molecule has 0 bridgehead atoms. The molecule has 1 fully saturated rings. The van der Waals surface area contributed by atoms with Gasteiger partial charge in [-0.15, -0.1) is 0 Å². The fourth-order valence-electron chi connectivity index (χ4n) is 4.48. The minimum atomic E-state index is -0.501. The number of esters is 1. The van der Waals surface area contributed by atoms with Crippen LogP contribution in [-0.4, -0.2) is 60.2 Å². The lowest BCUT2D eigenvalue weighted by Gasteiger charge is -2.44. The Morgan fingerprint density at radius 3 is 2.32 bits per heavy atom. The van der Waals surface area contributed by atoms with E-state index in [1.165, 1.54) is 0 Å². The van der Waals surface area contributed by atoms with Gasteiger partial charge in [0.25, 0.3) is 0 Å². The van der Waals surface area contributed by atoms with Crippen LogP contribution in [0.25, 0.3) is 0 Å². The molecule has 1 heterocycles. The topological polar surface area (TPSA) is 68.2 Å². The van der Waals surface area contributed by atoms with Gasteiger partial charge in [0.05, 0.1) is 19.3 Å². The van der Waals surface area contributed by atoms with E-state index in [0.29, 0.717) is 25.0 Å². The van der Waals surface area contributed by atoms with E-state index < -0.39 is 5.60 Å². The van der Waals surface area contributed by atoms with Crippen molar-refractivity contribution in [2.75, 3.05) is 26.2 Å². The molecular formula is C28H47NO5. The van der Waals surface area contributed by atoms with Gasteiger partial charge in [-0.25, -0.2) is 0 Å². The Bertz CT molecular complexity index is 704. The van der Waals surface area contributed by atoms with Gasteiger partial charge in [-0.3, -0.25) is 9.69 Å². The largest absolute Gasteiger partial charge is 0.459 e. The zero-order chi connectivity index (χ0) is 25.1. The first kappa shape index (κ1) is 28.8.